The summed E-state index contributed by atoms with van der Waals surface area (Å²) in [4.78, 5) is 4.75. The average Bonchev–Trinajstić information content (AvgIpc) is 2.88. The van der Waals surface area contributed by atoms with Crippen LogP contribution < -0.4 is 0 Å². The highest BCUT2D eigenvalue weighted by atomic mass is 127. The number of hydrogen-bond donors (Lipinski definition) is 1. The van der Waals surface area contributed by atoms with Crippen LogP contribution in [-0.4, -0.2) is 9.18 Å². The summed E-state index contributed by atoms with van der Waals surface area (Å²) >= 11 is 2.39. The molecule has 0 fully saturated rings. The van der Waals surface area contributed by atoms with Crippen LogP contribution in [0.4, 0.5) is 0 Å². The van der Waals surface area contributed by atoms with Crippen LogP contribution in [0.3, 0.4) is 0 Å². The molecule has 4 heteroatoms. The van der Waals surface area contributed by atoms with Crippen molar-refractivity contribution in [2.45, 2.75) is 17.3 Å². The average molecular weight is 394 g/mol. The van der Waals surface area contributed by atoms with Gasteiger partial charge in [0.1, 0.15) is 0 Å². The molecule has 3 aliphatic carbocycles. The summed E-state index contributed by atoms with van der Waals surface area (Å²) in [6, 6.07) is 0. The van der Waals surface area contributed by atoms with Crippen LogP contribution >= 0.6 is 22.6 Å². The molecule has 2 bridgehead atoms. The quantitative estimate of drug-likeness (QED) is 0.326. The van der Waals surface area contributed by atoms with Crippen molar-refractivity contribution in [3.63, 3.8) is 0 Å². The minimum Gasteiger partial charge on any atom is -0.308 e. The first-order chi connectivity index (χ1) is 10.2. The van der Waals surface area contributed by atoms with Gasteiger partial charge in [-0.1, -0.05) is 66.0 Å². The summed E-state index contributed by atoms with van der Waals surface area (Å²) < 4.78 is 0.246. The van der Waals surface area contributed by atoms with Gasteiger partial charge in [-0.2, -0.15) is 0 Å². The molecule has 108 valence electrons. The van der Waals surface area contributed by atoms with E-state index in [0.717, 1.165) is 17.6 Å². The second-order valence-corrected chi connectivity index (χ2v) is 6.25. The van der Waals surface area contributed by atoms with E-state index in [-0.39, 0.29) is 3.92 Å². The topological polar surface area (TPSA) is 38.7 Å². The standard InChI is InChI=1S/C17H15IO3/c1-2-11-7-12-3-5-14-9-16(20-21-19)10-15(17(14)18)6-4-13(12)8-11/h3-10,17,19H,2H2,1H3/b5-3-,6-4?,12-3?,13-4-,14-5?,15-6-. The number of halogens is 1. The van der Waals surface area contributed by atoms with Crippen molar-refractivity contribution in [2.75, 3.05) is 0 Å². The molecule has 3 nitrogen and oxygen atoms in total. The summed E-state index contributed by atoms with van der Waals surface area (Å²) in [5.41, 5.74) is 6.01. The van der Waals surface area contributed by atoms with E-state index < -0.39 is 0 Å². The van der Waals surface area contributed by atoms with E-state index >= 15 is 0 Å². The van der Waals surface area contributed by atoms with E-state index in [1.807, 2.05) is 12.2 Å². The molecule has 0 heterocycles. The SMILES string of the molecule is CCC1=C/C2=C/C=C3/C=C(OOO)C=C(/C=C\C2=C1)C3I. The van der Waals surface area contributed by atoms with Crippen LogP contribution in [0, 0.1) is 0 Å². The number of rotatable bonds is 3. The second kappa shape index (κ2) is 6.17. The molecule has 21 heavy (non-hydrogen) atoms. The molecule has 0 aliphatic heterocycles. The first kappa shape index (κ1) is 14.6. The van der Waals surface area contributed by atoms with Crippen molar-refractivity contribution in [2.24, 2.45) is 0 Å². The van der Waals surface area contributed by atoms with Gasteiger partial charge in [0, 0.05) is 0 Å². The minimum atomic E-state index is 0.246. The Hall–Kier alpha value is -1.37. The third kappa shape index (κ3) is 2.97. The van der Waals surface area contributed by atoms with Gasteiger partial charge in [-0.05, 0) is 51.5 Å². The van der Waals surface area contributed by atoms with Crippen LogP contribution in [0.25, 0.3) is 0 Å². The van der Waals surface area contributed by atoms with Gasteiger partial charge in [-0.25, -0.2) is 5.26 Å². The molecule has 0 aromatic heterocycles. The van der Waals surface area contributed by atoms with E-state index in [1.165, 1.54) is 16.7 Å². The monoisotopic (exact) mass is 394 g/mol. The number of alkyl halides is 1. The number of hydrogen-bond acceptors (Lipinski definition) is 3. The van der Waals surface area contributed by atoms with Gasteiger partial charge >= 0.3 is 0 Å². The lowest BCUT2D eigenvalue weighted by molar-refractivity contribution is -0.470. The fraction of sp³-hybridized carbons (Fsp3) is 0.176. The minimum absolute atomic E-state index is 0.246. The first-order valence-corrected chi connectivity index (χ1v) is 8.04. The van der Waals surface area contributed by atoms with E-state index in [9.17, 15) is 0 Å². The Morgan fingerprint density at radius 2 is 1.90 bits per heavy atom. The maximum atomic E-state index is 8.46. The van der Waals surface area contributed by atoms with E-state index in [4.69, 9.17) is 10.1 Å². The molecule has 3 aliphatic rings. The molecule has 0 radical (unpaired) electrons. The van der Waals surface area contributed by atoms with Crippen molar-refractivity contribution in [1.82, 2.24) is 0 Å². The lowest BCUT2D eigenvalue weighted by Crippen LogP contribution is -2.09. The maximum Gasteiger partial charge on any atom is 0.169 e. The Bertz CT molecular complexity index is 672. The van der Waals surface area contributed by atoms with Crippen molar-refractivity contribution in [1.29, 1.82) is 0 Å². The van der Waals surface area contributed by atoms with Gasteiger partial charge < -0.3 is 4.89 Å². The predicted molar refractivity (Wildman–Crippen MR) is 90.5 cm³/mol. The Kier molecular flexibility index (Phi) is 4.28. The molecule has 0 amide bonds. The lowest BCUT2D eigenvalue weighted by atomic mass is 9.98. The summed E-state index contributed by atoms with van der Waals surface area (Å²) in [7, 11) is 0. The highest BCUT2D eigenvalue weighted by Gasteiger charge is 2.21. The maximum absolute atomic E-state index is 8.46. The molecule has 1 unspecified atom stereocenters. The number of allylic oxidation sites excluding steroid dienone is 13. The zero-order valence-corrected chi connectivity index (χ0v) is 13.7. The first-order valence-electron chi connectivity index (χ1n) is 6.79. The number of fused-ring (bicyclic) bond motifs is 3. The van der Waals surface area contributed by atoms with Crippen molar-refractivity contribution in [3.8, 4) is 0 Å². The van der Waals surface area contributed by atoms with E-state index in [2.05, 4.69) is 71.0 Å². The third-order valence-corrected chi connectivity index (χ3v) is 5.11. The Morgan fingerprint density at radius 1 is 1.05 bits per heavy atom. The van der Waals surface area contributed by atoms with E-state index in [0.29, 0.717) is 5.76 Å². The largest absolute Gasteiger partial charge is 0.308 e. The third-order valence-electron chi connectivity index (χ3n) is 3.67. The summed E-state index contributed by atoms with van der Waals surface area (Å²) in [5.74, 6) is 0.487. The fourth-order valence-corrected chi connectivity index (χ4v) is 3.31. The zero-order chi connectivity index (χ0) is 14.8. The molecule has 1 N–H and O–H groups in total. The molecule has 1 atom stereocenters. The molecule has 0 aromatic rings. The van der Waals surface area contributed by atoms with Gasteiger partial charge in [0.25, 0.3) is 0 Å². The molecule has 3 rings (SSSR count). The highest BCUT2D eigenvalue weighted by molar-refractivity contribution is 14.1. The smallest absolute Gasteiger partial charge is 0.169 e. The molecule has 0 saturated carbocycles. The zero-order valence-electron chi connectivity index (χ0n) is 11.5. The second-order valence-electron chi connectivity index (χ2n) is 5.01. The van der Waals surface area contributed by atoms with Crippen LogP contribution in [0.15, 0.2) is 82.2 Å². The summed E-state index contributed by atoms with van der Waals surface area (Å²) in [6.45, 7) is 2.16. The van der Waals surface area contributed by atoms with Crippen molar-refractivity contribution in [3.05, 3.63) is 82.2 Å². The Labute approximate surface area is 137 Å². The van der Waals surface area contributed by atoms with E-state index in [1.54, 1.807) is 0 Å². The van der Waals surface area contributed by atoms with Gasteiger partial charge in [0.05, 0.1) is 3.92 Å². The Balaban J connectivity index is 2.06. The summed E-state index contributed by atoms with van der Waals surface area (Å²) in [5, 5.41) is 12.2. The van der Waals surface area contributed by atoms with Crippen LogP contribution in [0.5, 0.6) is 0 Å². The van der Waals surface area contributed by atoms with Gasteiger partial charge in [0.2, 0.25) is 0 Å². The molecular formula is C17H15IO3. The fourth-order valence-electron chi connectivity index (χ4n) is 2.54. The summed E-state index contributed by atoms with van der Waals surface area (Å²) in [6.07, 6.45) is 17.7. The van der Waals surface area contributed by atoms with Gasteiger partial charge in [-0.3, -0.25) is 0 Å². The van der Waals surface area contributed by atoms with Crippen LogP contribution in [-0.2, 0) is 9.93 Å². The highest BCUT2D eigenvalue weighted by Crippen LogP contribution is 2.34. The van der Waals surface area contributed by atoms with Crippen LogP contribution in [0.2, 0.25) is 0 Å². The molecular weight excluding hydrogens is 379 g/mol. The molecule has 0 saturated heterocycles. The molecule has 0 spiro atoms. The molecule has 0 aromatic carbocycles. The van der Waals surface area contributed by atoms with Crippen molar-refractivity contribution >= 4 is 22.6 Å². The Morgan fingerprint density at radius 3 is 2.67 bits per heavy atom. The lowest BCUT2D eigenvalue weighted by Gasteiger charge is -2.18. The van der Waals surface area contributed by atoms with Crippen molar-refractivity contribution < 1.29 is 15.2 Å². The van der Waals surface area contributed by atoms with Gasteiger partial charge in [-0.15, -0.1) is 0 Å². The predicted octanol–water partition coefficient (Wildman–Crippen LogP) is 4.73. The normalized spacial score (nSPS) is 30.0. The van der Waals surface area contributed by atoms with Gasteiger partial charge in [0.15, 0.2) is 5.76 Å². The van der Waals surface area contributed by atoms with Crippen LogP contribution in [0.1, 0.15) is 13.3 Å².